The van der Waals surface area contributed by atoms with Gasteiger partial charge in [0.05, 0.1) is 5.69 Å². The van der Waals surface area contributed by atoms with E-state index in [0.29, 0.717) is 5.82 Å². The standard InChI is InChI=1S/C16H12N6S/c1-10-8-23-16(21-10)22-15-14-12(3-2-4-19-14)13(7-20-15)11-5-17-9-18-6-11/h2-9H,1H3,(H,20,21,22). The smallest absolute Gasteiger partial charge is 0.188 e. The predicted octanol–water partition coefficient (Wildman–Crippen LogP) is 3.60. The van der Waals surface area contributed by atoms with Crippen LogP contribution in [0.3, 0.4) is 0 Å². The number of anilines is 2. The maximum Gasteiger partial charge on any atom is 0.188 e. The van der Waals surface area contributed by atoms with Gasteiger partial charge in [-0.05, 0) is 13.0 Å². The normalized spacial score (nSPS) is 10.8. The molecule has 0 aliphatic carbocycles. The quantitative estimate of drug-likeness (QED) is 0.621. The second-order valence-corrected chi connectivity index (χ2v) is 5.82. The summed E-state index contributed by atoms with van der Waals surface area (Å²) < 4.78 is 0. The molecule has 0 aromatic carbocycles. The Bertz CT molecular complexity index is 967. The van der Waals surface area contributed by atoms with Crippen molar-refractivity contribution in [2.24, 2.45) is 0 Å². The first kappa shape index (κ1) is 13.7. The molecule has 23 heavy (non-hydrogen) atoms. The van der Waals surface area contributed by atoms with Gasteiger partial charge in [-0.2, -0.15) is 0 Å². The average Bonchev–Trinajstić information content (AvgIpc) is 3.01. The lowest BCUT2D eigenvalue weighted by Crippen LogP contribution is -1.97. The Morgan fingerprint density at radius 1 is 1.09 bits per heavy atom. The first-order chi connectivity index (χ1) is 11.3. The molecule has 4 rings (SSSR count). The molecule has 0 amide bonds. The third-order valence-electron chi connectivity index (χ3n) is 3.36. The molecule has 7 heteroatoms. The van der Waals surface area contributed by atoms with Crippen molar-refractivity contribution < 1.29 is 0 Å². The topological polar surface area (TPSA) is 76.5 Å². The lowest BCUT2D eigenvalue weighted by atomic mass is 10.1. The van der Waals surface area contributed by atoms with Crippen molar-refractivity contribution >= 4 is 33.2 Å². The minimum absolute atomic E-state index is 0.690. The summed E-state index contributed by atoms with van der Waals surface area (Å²) >= 11 is 1.54. The van der Waals surface area contributed by atoms with Crippen molar-refractivity contribution in [2.45, 2.75) is 6.92 Å². The van der Waals surface area contributed by atoms with Crippen molar-refractivity contribution in [1.82, 2.24) is 24.9 Å². The third kappa shape index (κ3) is 2.62. The number of aryl methyl sites for hydroxylation is 1. The predicted molar refractivity (Wildman–Crippen MR) is 90.7 cm³/mol. The number of aromatic nitrogens is 5. The second kappa shape index (κ2) is 5.69. The van der Waals surface area contributed by atoms with Crippen LogP contribution in [0.2, 0.25) is 0 Å². The number of rotatable bonds is 3. The van der Waals surface area contributed by atoms with Crippen molar-refractivity contribution in [1.29, 1.82) is 0 Å². The fourth-order valence-electron chi connectivity index (χ4n) is 2.34. The summed E-state index contributed by atoms with van der Waals surface area (Å²) in [5, 5.41) is 7.04. The molecule has 0 fully saturated rings. The Morgan fingerprint density at radius 2 is 1.96 bits per heavy atom. The maximum absolute atomic E-state index is 4.53. The Labute approximate surface area is 136 Å². The van der Waals surface area contributed by atoms with Gasteiger partial charge in [-0.1, -0.05) is 6.07 Å². The lowest BCUT2D eigenvalue weighted by Gasteiger charge is -2.09. The number of nitrogens with zero attached hydrogens (tertiary/aromatic N) is 5. The van der Waals surface area contributed by atoms with E-state index in [0.717, 1.165) is 32.9 Å². The van der Waals surface area contributed by atoms with E-state index < -0.39 is 0 Å². The summed E-state index contributed by atoms with van der Waals surface area (Å²) in [6, 6.07) is 3.93. The number of pyridine rings is 2. The summed E-state index contributed by atoms with van der Waals surface area (Å²) in [4.78, 5) is 21.6. The first-order valence-corrected chi connectivity index (χ1v) is 7.87. The highest BCUT2D eigenvalue weighted by Gasteiger charge is 2.11. The molecule has 0 aliphatic heterocycles. The van der Waals surface area contributed by atoms with E-state index in [2.05, 4.69) is 30.2 Å². The minimum atomic E-state index is 0.690. The molecule has 0 atom stereocenters. The van der Waals surface area contributed by atoms with Crippen LogP contribution in [-0.4, -0.2) is 24.9 Å². The zero-order valence-electron chi connectivity index (χ0n) is 12.3. The highest BCUT2D eigenvalue weighted by atomic mass is 32.1. The van der Waals surface area contributed by atoms with Crippen LogP contribution < -0.4 is 5.32 Å². The van der Waals surface area contributed by atoms with E-state index in [1.54, 1.807) is 29.9 Å². The molecular weight excluding hydrogens is 308 g/mol. The van der Waals surface area contributed by atoms with Crippen LogP contribution in [0.15, 0.2) is 48.6 Å². The molecule has 6 nitrogen and oxygen atoms in total. The molecule has 4 aromatic rings. The minimum Gasteiger partial charge on any atom is -0.314 e. The van der Waals surface area contributed by atoms with Gasteiger partial charge in [0, 0.05) is 46.7 Å². The van der Waals surface area contributed by atoms with E-state index in [1.807, 2.05) is 30.6 Å². The molecule has 0 spiro atoms. The van der Waals surface area contributed by atoms with Crippen LogP contribution in [0.1, 0.15) is 5.69 Å². The molecule has 4 heterocycles. The second-order valence-electron chi connectivity index (χ2n) is 4.97. The molecule has 0 saturated heterocycles. The zero-order chi connectivity index (χ0) is 15.6. The van der Waals surface area contributed by atoms with Gasteiger partial charge in [0.1, 0.15) is 11.8 Å². The Balaban J connectivity index is 1.85. The fourth-order valence-corrected chi connectivity index (χ4v) is 3.03. The van der Waals surface area contributed by atoms with Gasteiger partial charge in [0.2, 0.25) is 0 Å². The van der Waals surface area contributed by atoms with Crippen LogP contribution in [0, 0.1) is 6.92 Å². The summed E-state index contributed by atoms with van der Waals surface area (Å²) in [7, 11) is 0. The van der Waals surface area contributed by atoms with Crippen LogP contribution >= 0.6 is 11.3 Å². The fraction of sp³-hybridized carbons (Fsp3) is 0.0625. The maximum atomic E-state index is 4.53. The number of thiazole rings is 1. The van der Waals surface area contributed by atoms with Gasteiger partial charge < -0.3 is 5.32 Å². The molecule has 0 unspecified atom stereocenters. The number of nitrogens with one attached hydrogen (secondary N) is 1. The summed E-state index contributed by atoms with van der Waals surface area (Å²) in [6.45, 7) is 1.96. The van der Waals surface area contributed by atoms with Crippen LogP contribution in [0.5, 0.6) is 0 Å². The molecule has 0 radical (unpaired) electrons. The first-order valence-electron chi connectivity index (χ1n) is 6.99. The zero-order valence-corrected chi connectivity index (χ0v) is 13.1. The number of hydrogen-bond acceptors (Lipinski definition) is 7. The molecular formula is C16H12N6S. The largest absolute Gasteiger partial charge is 0.314 e. The Morgan fingerprint density at radius 3 is 2.74 bits per heavy atom. The van der Waals surface area contributed by atoms with E-state index in [4.69, 9.17) is 0 Å². The monoisotopic (exact) mass is 320 g/mol. The molecule has 4 aromatic heterocycles. The third-order valence-corrected chi connectivity index (χ3v) is 4.24. The molecule has 0 aliphatic rings. The number of fused-ring (bicyclic) bond motifs is 1. The highest BCUT2D eigenvalue weighted by molar-refractivity contribution is 7.13. The number of hydrogen-bond donors (Lipinski definition) is 1. The van der Waals surface area contributed by atoms with Gasteiger partial charge in [-0.15, -0.1) is 11.3 Å². The van der Waals surface area contributed by atoms with Crippen LogP contribution in [0.4, 0.5) is 10.9 Å². The van der Waals surface area contributed by atoms with E-state index in [1.165, 1.54) is 6.33 Å². The van der Waals surface area contributed by atoms with Crippen molar-refractivity contribution in [2.75, 3.05) is 5.32 Å². The Hall–Kier alpha value is -2.93. The molecule has 0 saturated carbocycles. The molecule has 0 bridgehead atoms. The van der Waals surface area contributed by atoms with Crippen LogP contribution in [-0.2, 0) is 0 Å². The van der Waals surface area contributed by atoms with Gasteiger partial charge in [0.15, 0.2) is 10.9 Å². The van der Waals surface area contributed by atoms with Crippen molar-refractivity contribution in [3.05, 3.63) is 54.3 Å². The summed E-state index contributed by atoms with van der Waals surface area (Å²) in [6.07, 6.45) is 8.62. The SMILES string of the molecule is Cc1csc(Nc2ncc(-c3cncnc3)c3cccnc23)n1. The highest BCUT2D eigenvalue weighted by Crippen LogP contribution is 2.31. The van der Waals surface area contributed by atoms with Gasteiger partial charge in [0.25, 0.3) is 0 Å². The van der Waals surface area contributed by atoms with Gasteiger partial charge in [-0.3, -0.25) is 4.98 Å². The average molecular weight is 320 g/mol. The molecule has 112 valence electrons. The summed E-state index contributed by atoms with van der Waals surface area (Å²) in [5.41, 5.74) is 3.64. The summed E-state index contributed by atoms with van der Waals surface area (Å²) in [5.74, 6) is 0.690. The van der Waals surface area contributed by atoms with E-state index in [9.17, 15) is 0 Å². The lowest BCUT2D eigenvalue weighted by molar-refractivity contribution is 1.17. The van der Waals surface area contributed by atoms with E-state index in [-0.39, 0.29) is 0 Å². The van der Waals surface area contributed by atoms with Gasteiger partial charge in [-0.25, -0.2) is 19.9 Å². The Kier molecular flexibility index (Phi) is 3.39. The van der Waals surface area contributed by atoms with Crippen molar-refractivity contribution in [3.63, 3.8) is 0 Å². The van der Waals surface area contributed by atoms with Crippen LogP contribution in [0.25, 0.3) is 22.0 Å². The van der Waals surface area contributed by atoms with Crippen molar-refractivity contribution in [3.8, 4) is 11.1 Å². The van der Waals surface area contributed by atoms with E-state index >= 15 is 0 Å². The van der Waals surface area contributed by atoms with Gasteiger partial charge >= 0.3 is 0 Å². The molecule has 1 N–H and O–H groups in total.